The zero-order chi connectivity index (χ0) is 32.9. The summed E-state index contributed by atoms with van der Waals surface area (Å²) in [7, 11) is 1.55. The maximum absolute atomic E-state index is 12.8. The summed E-state index contributed by atoms with van der Waals surface area (Å²) in [5.41, 5.74) is 0.756. The van der Waals surface area contributed by atoms with Crippen LogP contribution in [0.25, 0.3) is 11.0 Å². The van der Waals surface area contributed by atoms with Crippen LogP contribution in [-0.2, 0) is 14.3 Å². The largest absolute Gasteiger partial charge is 0.497 e. The van der Waals surface area contributed by atoms with E-state index in [-0.39, 0.29) is 41.7 Å². The van der Waals surface area contributed by atoms with Gasteiger partial charge in [0.2, 0.25) is 0 Å². The molecule has 0 spiro atoms. The summed E-state index contributed by atoms with van der Waals surface area (Å²) in [6, 6.07) is 11.8. The van der Waals surface area contributed by atoms with E-state index >= 15 is 0 Å². The van der Waals surface area contributed by atoms with Crippen molar-refractivity contribution in [2.24, 2.45) is 0 Å². The Hall–Kier alpha value is -4.27. The third-order valence-electron chi connectivity index (χ3n) is 8.54. The van der Waals surface area contributed by atoms with Crippen molar-refractivity contribution in [2.75, 3.05) is 13.7 Å². The molecule has 1 saturated heterocycles. The van der Waals surface area contributed by atoms with Gasteiger partial charge in [-0.2, -0.15) is 0 Å². The van der Waals surface area contributed by atoms with Gasteiger partial charge in [0.05, 0.1) is 7.11 Å². The number of hydrogen-bond donors (Lipinski definition) is 0. The van der Waals surface area contributed by atoms with Crippen LogP contribution in [0.15, 0.2) is 51.7 Å². The normalized spacial score (nSPS) is 18.1. The molecule has 2 unspecified atom stereocenters. The molecule has 1 fully saturated rings. The van der Waals surface area contributed by atoms with Crippen molar-refractivity contribution in [1.29, 1.82) is 0 Å². The number of ether oxygens (including phenoxy) is 3. The highest BCUT2D eigenvalue weighted by Gasteiger charge is 2.30. The van der Waals surface area contributed by atoms with Gasteiger partial charge in [-0.05, 0) is 61.2 Å². The average Bonchev–Trinajstić information content (AvgIpc) is 3.06. The summed E-state index contributed by atoms with van der Waals surface area (Å²) in [4.78, 5) is 62.6. The van der Waals surface area contributed by atoms with E-state index in [0.29, 0.717) is 53.7 Å². The first kappa shape index (κ1) is 34.6. The summed E-state index contributed by atoms with van der Waals surface area (Å²) in [6.07, 6.45) is 9.14. The van der Waals surface area contributed by atoms with E-state index in [1.54, 1.807) is 49.6 Å². The molecule has 9 heteroatoms. The number of hydrogen-bond acceptors (Lipinski definition) is 9. The molecular formula is C37H44O9. The summed E-state index contributed by atoms with van der Waals surface area (Å²) in [6.45, 7) is 1.96. The van der Waals surface area contributed by atoms with Gasteiger partial charge in [0.25, 0.3) is 0 Å². The average molecular weight is 633 g/mol. The number of ketones is 2. The molecule has 4 rings (SSSR count). The zero-order valence-corrected chi connectivity index (χ0v) is 26.8. The molecule has 46 heavy (non-hydrogen) atoms. The van der Waals surface area contributed by atoms with Crippen molar-refractivity contribution >= 4 is 34.8 Å². The lowest BCUT2D eigenvalue weighted by atomic mass is 9.85. The topological polar surface area (TPSA) is 126 Å². The van der Waals surface area contributed by atoms with Gasteiger partial charge in [0.15, 0.2) is 5.78 Å². The van der Waals surface area contributed by atoms with E-state index < -0.39 is 17.7 Å². The minimum atomic E-state index is -0.747. The first-order chi connectivity index (χ1) is 22.3. The number of carbonyl (C=O) groups excluding carboxylic acids is 4. The van der Waals surface area contributed by atoms with Gasteiger partial charge in [-0.3, -0.25) is 19.2 Å². The van der Waals surface area contributed by atoms with Crippen molar-refractivity contribution in [3.63, 3.8) is 0 Å². The van der Waals surface area contributed by atoms with Gasteiger partial charge in [0.1, 0.15) is 53.8 Å². The zero-order valence-electron chi connectivity index (χ0n) is 26.8. The van der Waals surface area contributed by atoms with E-state index in [2.05, 4.69) is 6.92 Å². The number of esters is 1. The van der Waals surface area contributed by atoms with Gasteiger partial charge in [0, 0.05) is 35.8 Å². The molecule has 0 bridgehead atoms. The fourth-order valence-corrected chi connectivity index (χ4v) is 5.96. The fraction of sp³-hybridized carbons (Fsp3) is 0.486. The van der Waals surface area contributed by atoms with Crippen molar-refractivity contribution in [1.82, 2.24) is 0 Å². The Morgan fingerprint density at radius 1 is 0.935 bits per heavy atom. The van der Waals surface area contributed by atoms with Gasteiger partial charge in [-0.1, -0.05) is 51.9 Å². The Balaban J connectivity index is 1.64. The molecule has 0 saturated carbocycles. The van der Waals surface area contributed by atoms with E-state index in [1.807, 2.05) is 0 Å². The molecule has 0 radical (unpaired) electrons. The molecule has 1 aliphatic heterocycles. The predicted molar refractivity (Wildman–Crippen MR) is 174 cm³/mol. The maximum atomic E-state index is 12.8. The van der Waals surface area contributed by atoms with Crippen LogP contribution in [0.5, 0.6) is 11.5 Å². The lowest BCUT2D eigenvalue weighted by Gasteiger charge is -2.29. The lowest BCUT2D eigenvalue weighted by molar-refractivity contribution is -0.148. The molecule has 2 aromatic carbocycles. The van der Waals surface area contributed by atoms with Crippen molar-refractivity contribution in [2.45, 2.75) is 102 Å². The second kappa shape index (κ2) is 17.4. The fourth-order valence-electron chi connectivity index (χ4n) is 5.96. The quantitative estimate of drug-likeness (QED) is 0.0497. The maximum Gasteiger partial charge on any atom is 0.347 e. The molecule has 1 aliphatic rings. The Morgan fingerprint density at radius 3 is 2.50 bits per heavy atom. The SMILES string of the molecule is CCCCCCCC(=O)c1cc2ccc(OC3COC(=O)CC(=O)CCCCCCC3c3cc(OC)ccc3C=O)cc2oc1=O. The molecular weight excluding hydrogens is 588 g/mol. The summed E-state index contributed by atoms with van der Waals surface area (Å²) in [5, 5.41) is 0.578. The van der Waals surface area contributed by atoms with Crippen LogP contribution in [0.2, 0.25) is 0 Å². The van der Waals surface area contributed by atoms with Crippen LogP contribution in [0.4, 0.5) is 0 Å². The van der Waals surface area contributed by atoms with Gasteiger partial charge in [-0.15, -0.1) is 0 Å². The van der Waals surface area contributed by atoms with Crippen LogP contribution in [0, 0.1) is 0 Å². The van der Waals surface area contributed by atoms with E-state index in [4.69, 9.17) is 18.6 Å². The Morgan fingerprint density at radius 2 is 1.72 bits per heavy atom. The first-order valence-electron chi connectivity index (χ1n) is 16.4. The molecule has 3 aromatic rings. The first-order valence-corrected chi connectivity index (χ1v) is 16.4. The molecule has 2 heterocycles. The monoisotopic (exact) mass is 632 g/mol. The summed E-state index contributed by atoms with van der Waals surface area (Å²) >= 11 is 0. The second-order valence-electron chi connectivity index (χ2n) is 12.0. The van der Waals surface area contributed by atoms with Crippen LogP contribution >= 0.6 is 0 Å². The molecule has 0 N–H and O–H groups in total. The van der Waals surface area contributed by atoms with Crippen LogP contribution in [-0.4, -0.2) is 43.6 Å². The Kier molecular flexibility index (Phi) is 13.1. The number of aldehydes is 1. The standard InChI is InChI=1S/C37H44O9/c1-3-4-5-6-11-14-33(40)32-19-25-15-18-29(22-34(25)46-37(32)42)45-35-24-44-36(41)20-27(39)12-9-7-8-10-13-30(35)31-21-28(43-2)17-16-26(31)23-38/h15-19,21-23,30,35H,3-14,20,24H2,1-2H3. The van der Waals surface area contributed by atoms with Crippen LogP contribution in [0.3, 0.4) is 0 Å². The lowest BCUT2D eigenvalue weighted by Crippen LogP contribution is -2.32. The van der Waals surface area contributed by atoms with Gasteiger partial charge >= 0.3 is 11.6 Å². The van der Waals surface area contributed by atoms with Crippen molar-refractivity contribution in [3.8, 4) is 11.5 Å². The highest BCUT2D eigenvalue weighted by molar-refractivity contribution is 5.98. The van der Waals surface area contributed by atoms with Crippen LogP contribution < -0.4 is 15.1 Å². The summed E-state index contributed by atoms with van der Waals surface area (Å²) < 4.78 is 23.1. The highest BCUT2D eigenvalue weighted by atomic mass is 16.6. The molecule has 0 aliphatic carbocycles. The van der Waals surface area contributed by atoms with Crippen LogP contribution in [0.1, 0.15) is 123 Å². The van der Waals surface area contributed by atoms with Crippen molar-refractivity contribution < 1.29 is 37.8 Å². The number of fused-ring (bicyclic) bond motifs is 1. The second-order valence-corrected chi connectivity index (χ2v) is 12.0. The molecule has 9 nitrogen and oxygen atoms in total. The number of benzene rings is 2. The molecule has 0 amide bonds. The Bertz CT molecular complexity index is 1570. The smallest absolute Gasteiger partial charge is 0.347 e. The molecule has 2 atom stereocenters. The van der Waals surface area contributed by atoms with Gasteiger partial charge in [-0.25, -0.2) is 4.79 Å². The van der Waals surface area contributed by atoms with E-state index in [1.165, 1.54) is 0 Å². The Labute approximate surface area is 269 Å². The minimum absolute atomic E-state index is 0.0350. The predicted octanol–water partition coefficient (Wildman–Crippen LogP) is 7.55. The van der Waals surface area contributed by atoms with Crippen molar-refractivity contribution in [3.05, 3.63) is 69.6 Å². The van der Waals surface area contributed by atoms with Gasteiger partial charge < -0.3 is 18.6 Å². The minimum Gasteiger partial charge on any atom is -0.497 e. The summed E-state index contributed by atoms with van der Waals surface area (Å²) in [5.74, 6) is -0.474. The third kappa shape index (κ3) is 9.61. The van der Waals surface area contributed by atoms with E-state index in [0.717, 1.165) is 57.7 Å². The molecule has 1 aromatic heterocycles. The highest BCUT2D eigenvalue weighted by Crippen LogP contribution is 2.35. The molecule has 246 valence electrons. The number of Topliss-reactive ketones (excluding diaryl/α,β-unsaturated/α-hetero) is 2. The number of methoxy groups -OCH3 is 1. The third-order valence-corrected chi connectivity index (χ3v) is 8.54. The number of unbranched alkanes of at least 4 members (excludes halogenated alkanes) is 4. The number of carbonyl (C=O) groups is 4. The number of rotatable bonds is 12. The number of cyclic esters (lactones) is 1. The van der Waals surface area contributed by atoms with E-state index in [9.17, 15) is 24.0 Å².